The predicted molar refractivity (Wildman–Crippen MR) is 79.6 cm³/mol. The van der Waals surface area contributed by atoms with Crippen LogP contribution in [0.4, 0.5) is 5.82 Å². The van der Waals surface area contributed by atoms with Crippen LogP contribution in [0.25, 0.3) is 6.08 Å². The van der Waals surface area contributed by atoms with Crippen molar-refractivity contribution >= 4 is 29.6 Å². The Bertz CT molecular complexity index is 480. The molecule has 2 heterocycles. The molecule has 1 N–H and O–H groups in total. The largest absolute Gasteiger partial charge is 0.478 e. The second kappa shape index (κ2) is 6.10. The maximum absolute atomic E-state index is 10.6. The van der Waals surface area contributed by atoms with Gasteiger partial charge in [0.05, 0.1) is 0 Å². The van der Waals surface area contributed by atoms with Gasteiger partial charge in [0.15, 0.2) is 0 Å². The van der Waals surface area contributed by atoms with Crippen molar-refractivity contribution in [3.8, 4) is 0 Å². The Balaban J connectivity index is 2.26. The van der Waals surface area contributed by atoms with Crippen molar-refractivity contribution in [2.75, 3.05) is 18.0 Å². The smallest absolute Gasteiger partial charge is 0.328 e. The standard InChI is InChI=1S/C14H18N2O2S/c1-10-8-16(9-11(2)19-10)14-12(4-3-7-15-14)5-6-13(17)18/h3-7,10-11H,8-9H2,1-2H3,(H,17,18)/b6-5+. The monoisotopic (exact) mass is 278 g/mol. The SMILES string of the molecule is CC1CN(c2ncccc2/C=C/C(=O)O)CC(C)S1. The van der Waals surface area contributed by atoms with Crippen LogP contribution >= 0.6 is 11.8 Å². The second-order valence-corrected chi connectivity index (χ2v) is 6.63. The van der Waals surface area contributed by atoms with Crippen LogP contribution < -0.4 is 4.90 Å². The fourth-order valence-electron chi connectivity index (χ4n) is 2.32. The first-order valence-electron chi connectivity index (χ1n) is 6.32. The van der Waals surface area contributed by atoms with Crippen LogP contribution in [0, 0.1) is 0 Å². The summed E-state index contributed by atoms with van der Waals surface area (Å²) in [6.45, 7) is 6.31. The molecule has 0 spiro atoms. The molecule has 1 aliphatic heterocycles. The summed E-state index contributed by atoms with van der Waals surface area (Å²) in [5, 5.41) is 9.85. The number of carboxylic acids is 1. The zero-order chi connectivity index (χ0) is 13.8. The zero-order valence-electron chi connectivity index (χ0n) is 11.1. The van der Waals surface area contributed by atoms with Crippen LogP contribution in [-0.2, 0) is 4.79 Å². The first-order chi connectivity index (χ1) is 9.06. The number of nitrogens with zero attached hydrogens (tertiary/aromatic N) is 2. The fourth-order valence-corrected chi connectivity index (χ4v) is 3.64. The molecular formula is C14H18N2O2S. The summed E-state index contributed by atoms with van der Waals surface area (Å²) in [5.74, 6) is -0.0651. The summed E-state index contributed by atoms with van der Waals surface area (Å²) >= 11 is 1.98. The summed E-state index contributed by atoms with van der Waals surface area (Å²) in [5.41, 5.74) is 0.858. The van der Waals surface area contributed by atoms with Crippen molar-refractivity contribution in [1.29, 1.82) is 0 Å². The molecule has 0 radical (unpaired) electrons. The number of carbonyl (C=O) groups is 1. The Hall–Kier alpha value is -1.49. The number of pyridine rings is 1. The van der Waals surface area contributed by atoms with Gasteiger partial charge in [0.25, 0.3) is 0 Å². The Kier molecular flexibility index (Phi) is 4.47. The van der Waals surface area contributed by atoms with E-state index in [0.29, 0.717) is 10.5 Å². The van der Waals surface area contributed by atoms with Crippen LogP contribution in [-0.4, -0.2) is 39.6 Å². The predicted octanol–water partition coefficient (Wildman–Crippen LogP) is 2.51. The lowest BCUT2D eigenvalue weighted by Crippen LogP contribution is -2.41. The molecule has 1 fully saturated rings. The minimum Gasteiger partial charge on any atom is -0.478 e. The molecule has 4 nitrogen and oxygen atoms in total. The van der Waals surface area contributed by atoms with Crippen molar-refractivity contribution in [3.63, 3.8) is 0 Å². The zero-order valence-corrected chi connectivity index (χ0v) is 11.9. The highest BCUT2D eigenvalue weighted by Crippen LogP contribution is 2.29. The van der Waals surface area contributed by atoms with Gasteiger partial charge in [-0.25, -0.2) is 9.78 Å². The quantitative estimate of drug-likeness (QED) is 0.861. The van der Waals surface area contributed by atoms with Gasteiger partial charge in [0.1, 0.15) is 5.82 Å². The number of carboxylic acid groups (broad SMARTS) is 1. The molecule has 5 heteroatoms. The maximum Gasteiger partial charge on any atom is 0.328 e. The lowest BCUT2D eigenvalue weighted by atomic mass is 10.2. The van der Waals surface area contributed by atoms with E-state index in [1.807, 2.05) is 23.9 Å². The molecule has 1 saturated heterocycles. The summed E-state index contributed by atoms with van der Waals surface area (Å²) in [6, 6.07) is 3.73. The molecule has 0 aliphatic carbocycles. The van der Waals surface area contributed by atoms with Crippen molar-refractivity contribution in [2.45, 2.75) is 24.3 Å². The minimum atomic E-state index is -0.939. The number of rotatable bonds is 3. The van der Waals surface area contributed by atoms with E-state index in [1.54, 1.807) is 12.3 Å². The first-order valence-corrected chi connectivity index (χ1v) is 7.27. The van der Waals surface area contributed by atoms with Gasteiger partial charge in [-0.3, -0.25) is 0 Å². The molecule has 1 aromatic heterocycles. The maximum atomic E-state index is 10.6. The van der Waals surface area contributed by atoms with Crippen LogP contribution in [0.15, 0.2) is 24.4 Å². The van der Waals surface area contributed by atoms with E-state index in [4.69, 9.17) is 5.11 Å². The van der Waals surface area contributed by atoms with Gasteiger partial charge >= 0.3 is 5.97 Å². The lowest BCUT2D eigenvalue weighted by molar-refractivity contribution is -0.131. The van der Waals surface area contributed by atoms with E-state index < -0.39 is 5.97 Å². The molecule has 0 saturated carbocycles. The Morgan fingerprint density at radius 2 is 2.16 bits per heavy atom. The number of aliphatic carboxylic acids is 1. The lowest BCUT2D eigenvalue weighted by Gasteiger charge is -2.36. The van der Waals surface area contributed by atoms with Crippen LogP contribution in [0.2, 0.25) is 0 Å². The van der Waals surface area contributed by atoms with Gasteiger partial charge in [0, 0.05) is 41.4 Å². The third kappa shape index (κ3) is 3.73. The average molecular weight is 278 g/mol. The third-order valence-electron chi connectivity index (χ3n) is 2.94. The highest BCUT2D eigenvalue weighted by Gasteiger charge is 2.24. The number of aromatic nitrogens is 1. The van der Waals surface area contributed by atoms with Gasteiger partial charge in [-0.05, 0) is 18.2 Å². The van der Waals surface area contributed by atoms with Crippen molar-refractivity contribution in [2.24, 2.45) is 0 Å². The summed E-state index contributed by atoms with van der Waals surface area (Å²) in [7, 11) is 0. The van der Waals surface area contributed by atoms with Gasteiger partial charge in [-0.15, -0.1) is 0 Å². The minimum absolute atomic E-state index is 0.557. The number of hydrogen-bond acceptors (Lipinski definition) is 4. The van der Waals surface area contributed by atoms with Gasteiger partial charge in [-0.2, -0.15) is 11.8 Å². The molecule has 2 unspecified atom stereocenters. The molecule has 2 atom stereocenters. The summed E-state index contributed by atoms with van der Waals surface area (Å²) < 4.78 is 0. The number of thioether (sulfide) groups is 1. The van der Waals surface area contributed by atoms with E-state index in [1.165, 1.54) is 0 Å². The summed E-state index contributed by atoms with van der Waals surface area (Å²) in [4.78, 5) is 17.3. The molecule has 2 rings (SSSR count). The van der Waals surface area contributed by atoms with E-state index in [-0.39, 0.29) is 0 Å². The second-order valence-electron chi connectivity index (χ2n) is 4.75. The van der Waals surface area contributed by atoms with E-state index >= 15 is 0 Å². The normalized spacial score (nSPS) is 23.8. The Morgan fingerprint density at radius 1 is 1.47 bits per heavy atom. The molecule has 1 aliphatic rings. The van der Waals surface area contributed by atoms with Crippen LogP contribution in [0.3, 0.4) is 0 Å². The van der Waals surface area contributed by atoms with E-state index in [9.17, 15) is 4.79 Å². The molecule has 0 aromatic carbocycles. The number of anilines is 1. The molecule has 0 bridgehead atoms. The highest BCUT2D eigenvalue weighted by atomic mass is 32.2. The highest BCUT2D eigenvalue weighted by molar-refractivity contribution is 8.00. The first kappa shape index (κ1) is 13.9. The molecule has 1 aromatic rings. The van der Waals surface area contributed by atoms with Crippen LogP contribution in [0.1, 0.15) is 19.4 Å². The topological polar surface area (TPSA) is 53.4 Å². The summed E-state index contributed by atoms with van der Waals surface area (Å²) in [6.07, 6.45) is 4.53. The molecule has 102 valence electrons. The third-order valence-corrected chi connectivity index (χ3v) is 4.17. The van der Waals surface area contributed by atoms with Gasteiger partial charge in [-0.1, -0.05) is 13.8 Å². The van der Waals surface area contributed by atoms with E-state index in [2.05, 4.69) is 23.7 Å². The Labute approximate surface area is 117 Å². The fraction of sp³-hybridized carbons (Fsp3) is 0.429. The van der Waals surface area contributed by atoms with Crippen LogP contribution in [0.5, 0.6) is 0 Å². The Morgan fingerprint density at radius 3 is 2.79 bits per heavy atom. The van der Waals surface area contributed by atoms with Crippen molar-refractivity contribution in [3.05, 3.63) is 30.0 Å². The average Bonchev–Trinajstić information content (AvgIpc) is 2.35. The number of hydrogen-bond donors (Lipinski definition) is 1. The van der Waals surface area contributed by atoms with E-state index in [0.717, 1.165) is 30.5 Å². The van der Waals surface area contributed by atoms with Crippen molar-refractivity contribution in [1.82, 2.24) is 4.98 Å². The molecular weight excluding hydrogens is 260 g/mol. The van der Waals surface area contributed by atoms with Gasteiger partial charge < -0.3 is 10.0 Å². The molecule has 19 heavy (non-hydrogen) atoms. The van der Waals surface area contributed by atoms with Gasteiger partial charge in [0.2, 0.25) is 0 Å². The van der Waals surface area contributed by atoms with Crippen molar-refractivity contribution < 1.29 is 9.90 Å². The molecule has 0 amide bonds.